The van der Waals surface area contributed by atoms with Gasteiger partial charge in [-0.25, -0.2) is 4.68 Å². The molecular formula is C24H25ClN4O3. The second-order valence-corrected chi connectivity index (χ2v) is 9.17. The summed E-state index contributed by atoms with van der Waals surface area (Å²) in [6.07, 6.45) is 2.67. The highest BCUT2D eigenvalue weighted by Crippen LogP contribution is 2.30. The maximum atomic E-state index is 12.8. The number of hydrogen-bond donors (Lipinski definition) is 2. The molecule has 8 heteroatoms. The molecule has 2 saturated heterocycles. The van der Waals surface area contributed by atoms with Crippen LogP contribution in [0.1, 0.15) is 48.8 Å². The fourth-order valence-electron chi connectivity index (χ4n) is 4.83. The van der Waals surface area contributed by atoms with Gasteiger partial charge in [0.15, 0.2) is 0 Å². The van der Waals surface area contributed by atoms with Gasteiger partial charge in [0, 0.05) is 18.0 Å². The predicted molar refractivity (Wildman–Crippen MR) is 123 cm³/mol. The quantitative estimate of drug-likeness (QED) is 0.594. The van der Waals surface area contributed by atoms with Gasteiger partial charge in [-0.2, -0.15) is 0 Å². The van der Waals surface area contributed by atoms with Crippen molar-refractivity contribution in [1.29, 1.82) is 0 Å². The van der Waals surface area contributed by atoms with Gasteiger partial charge >= 0.3 is 0 Å². The average molecular weight is 453 g/mol. The lowest BCUT2D eigenvalue weighted by molar-refractivity contribution is -0.136. The molecule has 1 atom stereocenters. The van der Waals surface area contributed by atoms with E-state index in [1.54, 1.807) is 0 Å². The number of nitrogens with zero attached hydrogens (tertiary/aromatic N) is 2. The van der Waals surface area contributed by atoms with E-state index in [9.17, 15) is 14.4 Å². The number of rotatable bonds is 4. The van der Waals surface area contributed by atoms with Gasteiger partial charge in [-0.1, -0.05) is 29.8 Å². The van der Waals surface area contributed by atoms with Gasteiger partial charge in [0.25, 0.3) is 11.5 Å². The first-order valence-electron chi connectivity index (χ1n) is 11.0. The van der Waals surface area contributed by atoms with Crippen LogP contribution in [0.25, 0.3) is 10.9 Å². The number of benzene rings is 2. The van der Waals surface area contributed by atoms with Crippen molar-refractivity contribution in [2.75, 3.05) is 13.1 Å². The Morgan fingerprint density at radius 3 is 2.44 bits per heavy atom. The molecule has 2 aromatic carbocycles. The number of imide groups is 1. The number of fused-ring (bicyclic) bond motifs is 1. The molecule has 3 aromatic rings. The molecule has 1 unspecified atom stereocenters. The van der Waals surface area contributed by atoms with E-state index in [0.717, 1.165) is 43.0 Å². The van der Waals surface area contributed by atoms with Crippen molar-refractivity contribution in [3.05, 3.63) is 69.0 Å². The summed E-state index contributed by atoms with van der Waals surface area (Å²) >= 11 is 5.98. The van der Waals surface area contributed by atoms with E-state index in [2.05, 4.69) is 27.4 Å². The summed E-state index contributed by atoms with van der Waals surface area (Å²) in [5, 5.41) is 6.76. The number of piperidine rings is 2. The summed E-state index contributed by atoms with van der Waals surface area (Å²) in [4.78, 5) is 38.9. The van der Waals surface area contributed by atoms with Crippen LogP contribution in [0.15, 0.2) is 47.3 Å². The molecule has 0 radical (unpaired) electrons. The molecule has 2 amide bonds. The van der Waals surface area contributed by atoms with Gasteiger partial charge in [0.05, 0.1) is 10.9 Å². The minimum Gasteiger partial charge on any atom is -0.299 e. The van der Waals surface area contributed by atoms with Crippen LogP contribution in [-0.2, 0) is 16.1 Å². The number of hydrogen-bond acceptors (Lipinski definition) is 4. The second-order valence-electron chi connectivity index (χ2n) is 8.74. The van der Waals surface area contributed by atoms with E-state index in [1.165, 1.54) is 15.8 Å². The molecule has 3 heterocycles. The number of nitrogens with one attached hydrogen (secondary N) is 2. The Hall–Kier alpha value is -2.90. The number of amides is 2. The van der Waals surface area contributed by atoms with Crippen molar-refractivity contribution in [3.8, 4) is 0 Å². The Kier molecular flexibility index (Phi) is 5.61. The van der Waals surface area contributed by atoms with Crippen molar-refractivity contribution in [2.45, 2.75) is 44.2 Å². The number of H-pyrrole nitrogens is 1. The fourth-order valence-corrected chi connectivity index (χ4v) is 4.95. The number of carbonyl (C=O) groups is 2. The number of aromatic amines is 1. The summed E-state index contributed by atoms with van der Waals surface area (Å²) in [7, 11) is 0. The Labute approximate surface area is 190 Å². The Balaban J connectivity index is 1.29. The molecule has 5 rings (SSSR count). The van der Waals surface area contributed by atoms with Gasteiger partial charge < -0.3 is 0 Å². The maximum absolute atomic E-state index is 12.8. The molecule has 0 spiro atoms. The van der Waals surface area contributed by atoms with Gasteiger partial charge in [-0.15, -0.1) is 0 Å². The van der Waals surface area contributed by atoms with E-state index in [4.69, 9.17) is 11.6 Å². The maximum Gasteiger partial charge on any atom is 0.275 e. The van der Waals surface area contributed by atoms with Gasteiger partial charge in [-0.3, -0.25) is 29.7 Å². The van der Waals surface area contributed by atoms with Crippen LogP contribution >= 0.6 is 11.6 Å². The standard InChI is InChI=1S/C24H25ClN4O3/c25-18-4-1-15(2-5-18)14-28-11-9-16(10-12-28)17-3-6-19-20(13-17)27-29(24(19)32)21-7-8-22(30)26-23(21)31/h1-6,13,16,21,27H,7-12,14H2,(H,26,30,31). The third-order valence-corrected chi connectivity index (χ3v) is 6.89. The highest BCUT2D eigenvalue weighted by atomic mass is 35.5. The average Bonchev–Trinajstić information content (AvgIpc) is 3.11. The molecule has 2 N–H and O–H groups in total. The number of halogens is 1. The van der Waals surface area contributed by atoms with Crippen LogP contribution in [0.5, 0.6) is 0 Å². The highest BCUT2D eigenvalue weighted by Gasteiger charge is 2.30. The third kappa shape index (κ3) is 4.10. The molecule has 0 bridgehead atoms. The van der Waals surface area contributed by atoms with Gasteiger partial charge in [0.1, 0.15) is 6.04 Å². The van der Waals surface area contributed by atoms with Crippen LogP contribution in [0, 0.1) is 0 Å². The molecule has 7 nitrogen and oxygen atoms in total. The van der Waals surface area contributed by atoms with E-state index in [0.29, 0.717) is 17.7 Å². The zero-order valence-electron chi connectivity index (χ0n) is 17.6. The minimum absolute atomic E-state index is 0.223. The van der Waals surface area contributed by atoms with Crippen LogP contribution in [0.2, 0.25) is 5.02 Å². The summed E-state index contributed by atoms with van der Waals surface area (Å²) in [6.45, 7) is 2.95. The topological polar surface area (TPSA) is 87.2 Å². The molecule has 2 fully saturated rings. The van der Waals surface area contributed by atoms with Crippen molar-refractivity contribution < 1.29 is 9.59 Å². The van der Waals surface area contributed by atoms with Gasteiger partial charge in [-0.05, 0) is 73.7 Å². The molecule has 1 aromatic heterocycles. The number of likely N-dealkylation sites (tertiary alicyclic amines) is 1. The Morgan fingerprint density at radius 2 is 1.72 bits per heavy atom. The molecule has 2 aliphatic heterocycles. The largest absolute Gasteiger partial charge is 0.299 e. The molecular weight excluding hydrogens is 428 g/mol. The van der Waals surface area contributed by atoms with Crippen LogP contribution in [-0.4, -0.2) is 39.6 Å². The molecule has 166 valence electrons. The first-order chi connectivity index (χ1) is 15.5. The normalized spacial score (nSPS) is 20.6. The zero-order valence-corrected chi connectivity index (χ0v) is 18.4. The molecule has 0 saturated carbocycles. The minimum atomic E-state index is -0.674. The summed E-state index contributed by atoms with van der Waals surface area (Å²) < 4.78 is 1.37. The van der Waals surface area contributed by atoms with Crippen molar-refractivity contribution >= 4 is 34.3 Å². The van der Waals surface area contributed by atoms with Gasteiger partial charge in [0.2, 0.25) is 5.91 Å². The smallest absolute Gasteiger partial charge is 0.275 e. The van der Waals surface area contributed by atoms with Crippen LogP contribution < -0.4 is 10.9 Å². The highest BCUT2D eigenvalue weighted by molar-refractivity contribution is 6.30. The summed E-state index contributed by atoms with van der Waals surface area (Å²) in [5.41, 5.74) is 2.99. The molecule has 32 heavy (non-hydrogen) atoms. The number of carbonyl (C=O) groups excluding carboxylic acids is 2. The van der Waals surface area contributed by atoms with E-state index in [1.807, 2.05) is 30.3 Å². The van der Waals surface area contributed by atoms with Crippen LogP contribution in [0.4, 0.5) is 0 Å². The second kappa shape index (κ2) is 8.56. The SMILES string of the molecule is O=C1CCC(n2[nH]c3cc(C4CCN(Cc5ccc(Cl)cc5)CC4)ccc3c2=O)C(=O)N1. The Morgan fingerprint density at radius 1 is 0.969 bits per heavy atom. The zero-order chi connectivity index (χ0) is 22.2. The van der Waals surface area contributed by atoms with E-state index in [-0.39, 0.29) is 17.9 Å². The number of aromatic nitrogens is 2. The third-order valence-electron chi connectivity index (χ3n) is 6.63. The lowest BCUT2D eigenvalue weighted by Gasteiger charge is -2.32. The lowest BCUT2D eigenvalue weighted by Crippen LogP contribution is -2.44. The van der Waals surface area contributed by atoms with Crippen molar-refractivity contribution in [3.63, 3.8) is 0 Å². The first kappa shape index (κ1) is 21.0. The predicted octanol–water partition coefficient (Wildman–Crippen LogP) is 3.34. The van der Waals surface area contributed by atoms with Crippen molar-refractivity contribution in [1.82, 2.24) is 20.0 Å². The lowest BCUT2D eigenvalue weighted by atomic mass is 9.89. The fraction of sp³-hybridized carbons (Fsp3) is 0.375. The molecule has 0 aliphatic carbocycles. The van der Waals surface area contributed by atoms with Crippen LogP contribution in [0.3, 0.4) is 0 Å². The monoisotopic (exact) mass is 452 g/mol. The summed E-state index contributed by atoms with van der Waals surface area (Å²) in [5.74, 6) is -0.286. The Bertz CT molecular complexity index is 1220. The molecule has 2 aliphatic rings. The van der Waals surface area contributed by atoms with E-state index >= 15 is 0 Å². The van der Waals surface area contributed by atoms with Crippen molar-refractivity contribution in [2.24, 2.45) is 0 Å². The van der Waals surface area contributed by atoms with E-state index < -0.39 is 11.9 Å². The first-order valence-corrected chi connectivity index (χ1v) is 11.4. The summed E-state index contributed by atoms with van der Waals surface area (Å²) in [6, 6.07) is 13.3.